The van der Waals surface area contributed by atoms with E-state index in [1.807, 2.05) is 37.2 Å². The largest absolute Gasteiger partial charge is 0.377 e. The van der Waals surface area contributed by atoms with E-state index in [1.54, 1.807) is 13.8 Å². The molecule has 1 atom stereocenters. The van der Waals surface area contributed by atoms with E-state index in [0.717, 1.165) is 28.2 Å². The van der Waals surface area contributed by atoms with Gasteiger partial charge < -0.3 is 10.2 Å². The number of alkyl halides is 2. The average molecular weight is 485 g/mol. The maximum atomic E-state index is 15.3. The number of hydrogen-bond donors (Lipinski definition) is 1. The zero-order valence-corrected chi connectivity index (χ0v) is 21.8. The zero-order valence-electron chi connectivity index (χ0n) is 21.8. The minimum atomic E-state index is -3.27. The molecule has 7 heteroatoms. The summed E-state index contributed by atoms with van der Waals surface area (Å²) in [5.74, 6) is -4.13. The van der Waals surface area contributed by atoms with Gasteiger partial charge >= 0.3 is 0 Å². The Morgan fingerprint density at radius 1 is 1.06 bits per heavy atom. The number of fused-ring (bicyclic) bond motifs is 1. The number of rotatable bonds is 8. The number of nitrogens with zero attached hydrogens (tertiary/aromatic N) is 3. The van der Waals surface area contributed by atoms with Crippen molar-refractivity contribution in [3.8, 4) is 0 Å². The van der Waals surface area contributed by atoms with Crippen molar-refractivity contribution in [1.82, 2.24) is 9.97 Å². The first-order valence-corrected chi connectivity index (χ1v) is 11.8. The van der Waals surface area contributed by atoms with E-state index in [9.17, 15) is 8.78 Å². The van der Waals surface area contributed by atoms with E-state index >= 15 is 4.39 Å². The summed E-state index contributed by atoms with van der Waals surface area (Å²) < 4.78 is 44.6. The van der Waals surface area contributed by atoms with Crippen molar-refractivity contribution < 1.29 is 13.2 Å². The van der Waals surface area contributed by atoms with Gasteiger partial charge in [0.2, 0.25) is 0 Å². The lowest BCUT2D eigenvalue weighted by molar-refractivity contribution is -0.0545. The second-order valence-corrected chi connectivity index (χ2v) is 10.2. The molecule has 0 aliphatic rings. The molecule has 188 valence electrons. The highest BCUT2D eigenvalue weighted by atomic mass is 19.3. The van der Waals surface area contributed by atoms with Gasteiger partial charge in [0.1, 0.15) is 17.5 Å². The number of allylic oxidation sites excluding steroid dienone is 1. The number of nitrogens with one attached hydrogen (secondary N) is 1. The topological polar surface area (TPSA) is 41.1 Å². The number of hydrogen-bond acceptors (Lipinski definition) is 4. The fourth-order valence-electron chi connectivity index (χ4n) is 4.12. The minimum Gasteiger partial charge on any atom is -0.377 e. The van der Waals surface area contributed by atoms with Crippen LogP contribution in [0, 0.1) is 18.7 Å². The first-order valence-electron chi connectivity index (χ1n) is 11.8. The maximum Gasteiger partial charge on any atom is 0.278 e. The molecule has 3 aromatic rings. The Hall–Kier alpha value is -3.09. The molecule has 2 aromatic carbocycles. The van der Waals surface area contributed by atoms with E-state index in [-0.39, 0.29) is 11.0 Å². The second-order valence-electron chi connectivity index (χ2n) is 10.2. The highest BCUT2D eigenvalue weighted by molar-refractivity contribution is 5.93. The van der Waals surface area contributed by atoms with Crippen LogP contribution in [0.1, 0.15) is 63.2 Å². The van der Waals surface area contributed by atoms with Crippen molar-refractivity contribution in [2.24, 2.45) is 5.92 Å². The van der Waals surface area contributed by atoms with Crippen molar-refractivity contribution in [3.63, 3.8) is 0 Å². The van der Waals surface area contributed by atoms with Gasteiger partial charge in [-0.25, -0.2) is 23.1 Å². The molecule has 35 heavy (non-hydrogen) atoms. The van der Waals surface area contributed by atoms with Gasteiger partial charge in [-0.3, -0.25) is 0 Å². The highest BCUT2D eigenvalue weighted by Crippen LogP contribution is 2.40. The van der Waals surface area contributed by atoms with Crippen LogP contribution in [-0.2, 0) is 11.3 Å². The normalized spacial score (nSPS) is 13.3. The number of anilines is 2. The molecule has 1 aromatic heterocycles. The van der Waals surface area contributed by atoms with Crippen LogP contribution in [0.15, 0.2) is 43.0 Å². The predicted octanol–water partition coefficient (Wildman–Crippen LogP) is 7.53. The molecule has 0 bridgehead atoms. The lowest BCUT2D eigenvalue weighted by Crippen LogP contribution is -2.24. The van der Waals surface area contributed by atoms with Gasteiger partial charge in [0.05, 0.1) is 17.1 Å². The molecule has 0 fully saturated rings. The van der Waals surface area contributed by atoms with Gasteiger partial charge in [-0.05, 0) is 31.5 Å². The molecule has 0 spiro atoms. The van der Waals surface area contributed by atoms with Crippen molar-refractivity contribution in [1.29, 1.82) is 0 Å². The van der Waals surface area contributed by atoms with Gasteiger partial charge in [0.15, 0.2) is 0 Å². The number of aromatic nitrogens is 2. The third-order valence-corrected chi connectivity index (χ3v) is 6.54. The van der Waals surface area contributed by atoms with Crippen LogP contribution in [0.5, 0.6) is 0 Å². The van der Waals surface area contributed by atoms with Crippen LogP contribution in [0.25, 0.3) is 10.9 Å². The SMILES string of the molecule is C=CC(C)(C)c1cc2nc(C)nc(N[C@H](C)c3cccc(C(F)(F)C(C)C)c3F)c2cc1N(C)C. The van der Waals surface area contributed by atoms with Crippen molar-refractivity contribution in [3.05, 3.63) is 71.3 Å². The quantitative estimate of drug-likeness (QED) is 0.336. The summed E-state index contributed by atoms with van der Waals surface area (Å²) in [6.07, 6.45) is 1.90. The first kappa shape index (κ1) is 26.5. The van der Waals surface area contributed by atoms with Crippen LogP contribution in [0.4, 0.5) is 24.7 Å². The summed E-state index contributed by atoms with van der Waals surface area (Å²) in [4.78, 5) is 11.2. The van der Waals surface area contributed by atoms with E-state index in [0.29, 0.717) is 11.6 Å². The van der Waals surface area contributed by atoms with Crippen LogP contribution in [-0.4, -0.2) is 24.1 Å². The molecule has 0 aliphatic heterocycles. The van der Waals surface area contributed by atoms with Gasteiger partial charge in [-0.15, -0.1) is 6.58 Å². The predicted molar refractivity (Wildman–Crippen MR) is 139 cm³/mol. The molecule has 4 nitrogen and oxygen atoms in total. The second kappa shape index (κ2) is 9.51. The number of benzene rings is 2. The van der Waals surface area contributed by atoms with Gasteiger partial charge in [-0.2, -0.15) is 0 Å². The highest BCUT2D eigenvalue weighted by Gasteiger charge is 2.39. The van der Waals surface area contributed by atoms with Crippen LogP contribution < -0.4 is 10.2 Å². The molecule has 0 unspecified atom stereocenters. The Labute approximate surface area is 206 Å². The summed E-state index contributed by atoms with van der Waals surface area (Å²) >= 11 is 0. The lowest BCUT2D eigenvalue weighted by Gasteiger charge is -2.28. The van der Waals surface area contributed by atoms with E-state index in [1.165, 1.54) is 26.0 Å². The fraction of sp³-hybridized carbons (Fsp3) is 0.429. The van der Waals surface area contributed by atoms with Crippen molar-refractivity contribution in [2.45, 2.75) is 58.9 Å². The Morgan fingerprint density at radius 3 is 2.29 bits per heavy atom. The summed E-state index contributed by atoms with van der Waals surface area (Å²) in [7, 11) is 3.93. The molecule has 0 amide bonds. The Morgan fingerprint density at radius 2 is 1.71 bits per heavy atom. The molecular weight excluding hydrogens is 449 g/mol. The maximum absolute atomic E-state index is 15.3. The molecule has 0 aliphatic carbocycles. The monoisotopic (exact) mass is 484 g/mol. The molecule has 0 saturated heterocycles. The first-order chi connectivity index (χ1) is 16.2. The summed E-state index contributed by atoms with van der Waals surface area (Å²) in [6.45, 7) is 14.5. The third-order valence-electron chi connectivity index (χ3n) is 6.54. The molecule has 1 N–H and O–H groups in total. The molecule has 0 saturated carbocycles. The van der Waals surface area contributed by atoms with Crippen molar-refractivity contribution >= 4 is 22.4 Å². The van der Waals surface area contributed by atoms with Gasteiger partial charge in [0, 0.05) is 42.1 Å². The standard InChI is InChI=1S/C28H35F3N4/c1-10-27(6,7)22-15-23-20(14-24(22)35(8)9)26(34-18(5)33-23)32-17(4)19-12-11-13-21(25(19)29)28(30,31)16(2)3/h10-17H,1H2,2-9H3,(H,32,33,34)/t17-/m1/s1. The van der Waals surface area contributed by atoms with Crippen LogP contribution in [0.2, 0.25) is 0 Å². The van der Waals surface area contributed by atoms with Crippen LogP contribution in [0.3, 0.4) is 0 Å². The zero-order chi connectivity index (χ0) is 26.3. The van der Waals surface area contributed by atoms with Gasteiger partial charge in [-0.1, -0.05) is 52.0 Å². The molecule has 0 radical (unpaired) electrons. The number of halogens is 3. The fourth-order valence-corrected chi connectivity index (χ4v) is 4.12. The Bertz CT molecular complexity index is 1250. The summed E-state index contributed by atoms with van der Waals surface area (Å²) in [5, 5.41) is 4.02. The Kier molecular flexibility index (Phi) is 7.21. The molecule has 1 heterocycles. The summed E-state index contributed by atoms with van der Waals surface area (Å²) in [6, 6.07) is 7.58. The smallest absolute Gasteiger partial charge is 0.278 e. The van der Waals surface area contributed by atoms with Gasteiger partial charge in [0.25, 0.3) is 5.92 Å². The lowest BCUT2D eigenvalue weighted by atomic mass is 9.83. The van der Waals surface area contributed by atoms with Crippen molar-refractivity contribution in [2.75, 3.05) is 24.3 Å². The van der Waals surface area contributed by atoms with Crippen LogP contribution >= 0.6 is 0 Å². The molecular formula is C28H35F3N4. The van der Waals surface area contributed by atoms with E-state index < -0.39 is 29.3 Å². The number of aryl methyl sites for hydroxylation is 1. The summed E-state index contributed by atoms with van der Waals surface area (Å²) in [5.41, 5.74) is 2.06. The molecule has 3 rings (SSSR count). The Balaban J connectivity index is 2.13. The minimum absolute atomic E-state index is 0.157. The average Bonchev–Trinajstić information content (AvgIpc) is 2.77. The third kappa shape index (κ3) is 5.00. The van der Waals surface area contributed by atoms with E-state index in [2.05, 4.69) is 35.7 Å². The van der Waals surface area contributed by atoms with E-state index in [4.69, 9.17) is 0 Å².